The molecular formula is C15H28N2O. The summed E-state index contributed by atoms with van der Waals surface area (Å²) in [4.78, 5) is 2.76. The third-order valence-electron chi connectivity index (χ3n) is 5.36. The Balaban J connectivity index is 1.60. The van der Waals surface area contributed by atoms with Gasteiger partial charge < -0.3 is 10.5 Å². The van der Waals surface area contributed by atoms with Gasteiger partial charge in [-0.25, -0.2) is 0 Å². The number of hydrogen-bond donors (Lipinski definition) is 1. The number of nitrogens with zero attached hydrogens (tertiary/aromatic N) is 1. The normalized spacial score (nSPS) is 42.5. The van der Waals surface area contributed by atoms with Gasteiger partial charge in [-0.3, -0.25) is 4.90 Å². The zero-order chi connectivity index (χ0) is 12.4. The highest BCUT2D eigenvalue weighted by atomic mass is 16.5. The van der Waals surface area contributed by atoms with Crippen molar-refractivity contribution in [3.05, 3.63) is 0 Å². The van der Waals surface area contributed by atoms with E-state index in [9.17, 15) is 0 Å². The van der Waals surface area contributed by atoms with Crippen molar-refractivity contribution in [3.8, 4) is 0 Å². The molecule has 0 radical (unpaired) electrons. The molecule has 0 aromatic rings. The predicted octanol–water partition coefficient (Wildman–Crippen LogP) is 2.00. The molecule has 0 aromatic heterocycles. The zero-order valence-corrected chi connectivity index (χ0v) is 11.5. The summed E-state index contributed by atoms with van der Waals surface area (Å²) in [5, 5.41) is 0. The molecule has 0 spiro atoms. The molecule has 104 valence electrons. The molecule has 2 heterocycles. The second-order valence-electron chi connectivity index (χ2n) is 6.54. The van der Waals surface area contributed by atoms with Crippen LogP contribution in [0, 0.1) is 11.8 Å². The molecule has 3 nitrogen and oxygen atoms in total. The van der Waals surface area contributed by atoms with E-state index in [1.165, 1.54) is 51.6 Å². The highest BCUT2D eigenvalue weighted by Gasteiger charge is 2.35. The van der Waals surface area contributed by atoms with E-state index in [0.29, 0.717) is 12.0 Å². The van der Waals surface area contributed by atoms with Gasteiger partial charge in [-0.15, -0.1) is 0 Å². The fourth-order valence-corrected chi connectivity index (χ4v) is 4.26. The number of rotatable bonds is 2. The Morgan fingerprint density at radius 1 is 1.06 bits per heavy atom. The van der Waals surface area contributed by atoms with Crippen molar-refractivity contribution in [2.45, 2.75) is 57.0 Å². The van der Waals surface area contributed by atoms with Crippen LogP contribution in [-0.4, -0.2) is 43.3 Å². The van der Waals surface area contributed by atoms with Crippen LogP contribution in [0.4, 0.5) is 0 Å². The first-order valence-electron chi connectivity index (χ1n) is 7.92. The first kappa shape index (κ1) is 12.9. The molecule has 18 heavy (non-hydrogen) atoms. The van der Waals surface area contributed by atoms with Crippen molar-refractivity contribution in [3.63, 3.8) is 0 Å². The second-order valence-corrected chi connectivity index (χ2v) is 6.54. The van der Waals surface area contributed by atoms with Gasteiger partial charge in [0.25, 0.3) is 0 Å². The molecule has 3 heteroatoms. The summed E-state index contributed by atoms with van der Waals surface area (Å²) in [7, 11) is 0. The molecule has 2 unspecified atom stereocenters. The highest BCUT2D eigenvalue weighted by molar-refractivity contribution is 4.90. The van der Waals surface area contributed by atoms with E-state index in [4.69, 9.17) is 10.5 Å². The van der Waals surface area contributed by atoms with E-state index >= 15 is 0 Å². The number of piperidine rings is 1. The lowest BCUT2D eigenvalue weighted by Gasteiger charge is -2.46. The van der Waals surface area contributed by atoms with Gasteiger partial charge in [0.15, 0.2) is 0 Å². The molecule has 0 amide bonds. The van der Waals surface area contributed by atoms with Gasteiger partial charge in [0, 0.05) is 31.2 Å². The minimum atomic E-state index is 0.364. The average molecular weight is 252 g/mol. The van der Waals surface area contributed by atoms with Crippen LogP contribution in [0.2, 0.25) is 0 Å². The zero-order valence-electron chi connectivity index (χ0n) is 11.5. The minimum absolute atomic E-state index is 0.364. The maximum absolute atomic E-state index is 6.26. The van der Waals surface area contributed by atoms with Gasteiger partial charge >= 0.3 is 0 Å². The minimum Gasteiger partial charge on any atom is -0.381 e. The van der Waals surface area contributed by atoms with Crippen LogP contribution in [0.1, 0.15) is 44.9 Å². The summed E-state index contributed by atoms with van der Waals surface area (Å²) in [6, 6.07) is 1.23. The summed E-state index contributed by atoms with van der Waals surface area (Å²) < 4.78 is 5.62. The molecule has 1 aliphatic carbocycles. The lowest BCUT2D eigenvalue weighted by atomic mass is 9.78. The smallest absolute Gasteiger partial charge is 0.0521 e. The highest BCUT2D eigenvalue weighted by Crippen LogP contribution is 2.35. The van der Waals surface area contributed by atoms with Crippen LogP contribution in [0.25, 0.3) is 0 Å². The summed E-state index contributed by atoms with van der Waals surface area (Å²) in [6.07, 6.45) is 9.69. The van der Waals surface area contributed by atoms with E-state index in [2.05, 4.69) is 4.90 Å². The van der Waals surface area contributed by atoms with Crippen molar-refractivity contribution in [1.82, 2.24) is 4.90 Å². The molecular weight excluding hydrogens is 224 g/mol. The van der Waals surface area contributed by atoms with Gasteiger partial charge in [0.1, 0.15) is 0 Å². The molecule has 2 aliphatic heterocycles. The van der Waals surface area contributed by atoms with Gasteiger partial charge in [-0.1, -0.05) is 12.8 Å². The summed E-state index contributed by atoms with van der Waals surface area (Å²) in [5.41, 5.74) is 6.26. The largest absolute Gasteiger partial charge is 0.381 e. The molecule has 0 bridgehead atoms. The van der Waals surface area contributed by atoms with Crippen LogP contribution in [-0.2, 0) is 4.74 Å². The van der Waals surface area contributed by atoms with E-state index in [1.807, 2.05) is 0 Å². The maximum Gasteiger partial charge on any atom is 0.0521 e. The monoisotopic (exact) mass is 252 g/mol. The maximum atomic E-state index is 6.26. The fourth-order valence-electron chi connectivity index (χ4n) is 4.26. The van der Waals surface area contributed by atoms with E-state index in [0.717, 1.165) is 31.6 Å². The van der Waals surface area contributed by atoms with E-state index < -0.39 is 0 Å². The Kier molecular flexibility index (Phi) is 4.22. The Morgan fingerprint density at radius 3 is 2.78 bits per heavy atom. The van der Waals surface area contributed by atoms with Gasteiger partial charge in [-0.05, 0) is 44.6 Å². The van der Waals surface area contributed by atoms with Crippen LogP contribution >= 0.6 is 0 Å². The van der Waals surface area contributed by atoms with Crippen LogP contribution in [0.3, 0.4) is 0 Å². The van der Waals surface area contributed by atoms with Crippen molar-refractivity contribution in [2.24, 2.45) is 17.6 Å². The van der Waals surface area contributed by atoms with Gasteiger partial charge in [-0.2, -0.15) is 0 Å². The summed E-state index contributed by atoms with van der Waals surface area (Å²) in [5.74, 6) is 1.55. The number of ether oxygens (including phenoxy) is 1. The summed E-state index contributed by atoms with van der Waals surface area (Å²) >= 11 is 0. The van der Waals surface area contributed by atoms with Gasteiger partial charge in [0.2, 0.25) is 0 Å². The molecule has 4 atom stereocenters. The Hall–Kier alpha value is -0.120. The van der Waals surface area contributed by atoms with Crippen molar-refractivity contribution in [2.75, 3.05) is 26.3 Å². The predicted molar refractivity (Wildman–Crippen MR) is 73.5 cm³/mol. The first-order chi connectivity index (χ1) is 8.84. The molecule has 3 aliphatic rings. The van der Waals surface area contributed by atoms with E-state index in [-0.39, 0.29) is 0 Å². The molecule has 2 saturated heterocycles. The molecule has 3 fully saturated rings. The second kappa shape index (κ2) is 5.89. The Morgan fingerprint density at radius 2 is 1.89 bits per heavy atom. The standard InChI is InChI=1S/C15H28N2O/c16-14-7-9-18-11-13(14)10-17-8-3-5-12-4-1-2-6-15(12)17/h12-15H,1-11,16H2/t12-,13?,14?,15-/m1/s1. The Bertz CT molecular complexity index is 269. The number of hydrogen-bond acceptors (Lipinski definition) is 3. The van der Waals surface area contributed by atoms with Crippen molar-refractivity contribution in [1.29, 1.82) is 0 Å². The lowest BCUT2D eigenvalue weighted by molar-refractivity contribution is -0.00532. The molecule has 3 rings (SSSR count). The molecule has 0 aromatic carbocycles. The molecule has 1 saturated carbocycles. The van der Waals surface area contributed by atoms with E-state index in [1.54, 1.807) is 0 Å². The average Bonchev–Trinajstić information content (AvgIpc) is 2.42. The number of likely N-dealkylation sites (tertiary alicyclic amines) is 1. The lowest BCUT2D eigenvalue weighted by Crippen LogP contribution is -2.52. The fraction of sp³-hybridized carbons (Fsp3) is 1.00. The summed E-state index contributed by atoms with van der Waals surface area (Å²) in [6.45, 7) is 4.23. The van der Waals surface area contributed by atoms with Gasteiger partial charge in [0.05, 0.1) is 6.61 Å². The third kappa shape index (κ3) is 2.73. The Labute approximate surface area is 111 Å². The van der Waals surface area contributed by atoms with Crippen LogP contribution in [0.15, 0.2) is 0 Å². The van der Waals surface area contributed by atoms with Crippen molar-refractivity contribution < 1.29 is 4.74 Å². The van der Waals surface area contributed by atoms with Crippen molar-refractivity contribution >= 4 is 0 Å². The number of nitrogens with two attached hydrogens (primary N) is 1. The number of fused-ring (bicyclic) bond motifs is 1. The van der Waals surface area contributed by atoms with Crippen LogP contribution < -0.4 is 5.73 Å². The quantitative estimate of drug-likeness (QED) is 0.817. The molecule has 2 N–H and O–H groups in total. The first-order valence-corrected chi connectivity index (χ1v) is 7.92. The SMILES string of the molecule is NC1CCOCC1CN1CCC[C@H]2CCCC[C@H]21. The topological polar surface area (TPSA) is 38.5 Å². The third-order valence-corrected chi connectivity index (χ3v) is 5.36. The van der Waals surface area contributed by atoms with Crippen LogP contribution in [0.5, 0.6) is 0 Å².